The van der Waals surface area contributed by atoms with Crippen molar-refractivity contribution in [3.63, 3.8) is 0 Å². The van der Waals surface area contributed by atoms with Gasteiger partial charge in [0.05, 0.1) is 11.1 Å². The number of pyridine rings is 1. The number of rotatable bonds is 3. The molecule has 2 N–H and O–H groups in total. The van der Waals surface area contributed by atoms with Gasteiger partial charge in [0, 0.05) is 11.1 Å². The van der Waals surface area contributed by atoms with E-state index in [0.29, 0.717) is 5.56 Å². The molecule has 1 amide bonds. The van der Waals surface area contributed by atoms with Gasteiger partial charge in [-0.25, -0.2) is 4.79 Å². The van der Waals surface area contributed by atoms with Crippen molar-refractivity contribution in [1.82, 2.24) is 4.98 Å². The van der Waals surface area contributed by atoms with Crippen LogP contribution in [0.5, 0.6) is 0 Å². The lowest BCUT2D eigenvalue weighted by Gasteiger charge is -2.20. The van der Waals surface area contributed by atoms with Gasteiger partial charge in [0.15, 0.2) is 6.61 Å². The molecule has 1 aromatic carbocycles. The van der Waals surface area contributed by atoms with Crippen molar-refractivity contribution >= 4 is 22.8 Å². The molecule has 5 heteroatoms. The number of hydrogen-bond donors (Lipinski definition) is 1. The van der Waals surface area contributed by atoms with Crippen LogP contribution in [0.3, 0.4) is 0 Å². The molecular formula is C17H18N2O3. The second-order valence-electron chi connectivity index (χ2n) is 5.68. The minimum Gasteiger partial charge on any atom is -0.452 e. The molecule has 1 aromatic heterocycles. The summed E-state index contributed by atoms with van der Waals surface area (Å²) in [6.07, 6.45) is 3.79. The first-order chi connectivity index (χ1) is 10.6. The summed E-state index contributed by atoms with van der Waals surface area (Å²) in [7, 11) is 0. The predicted molar refractivity (Wildman–Crippen MR) is 82.6 cm³/mol. The Balaban J connectivity index is 2.17. The summed E-state index contributed by atoms with van der Waals surface area (Å²) in [5.41, 5.74) is 9.37. The molecule has 0 spiro atoms. The minimum absolute atomic E-state index is 0.400. The Hall–Kier alpha value is -2.43. The Morgan fingerprint density at radius 2 is 2.05 bits per heavy atom. The molecule has 5 nitrogen and oxygen atoms in total. The first-order valence-corrected chi connectivity index (χ1v) is 7.44. The fraction of sp³-hybridized carbons (Fsp3) is 0.353. The third-order valence-corrected chi connectivity index (χ3v) is 3.97. The highest BCUT2D eigenvalue weighted by Crippen LogP contribution is 2.30. The predicted octanol–water partition coefficient (Wildman–Crippen LogP) is 2.06. The van der Waals surface area contributed by atoms with Crippen molar-refractivity contribution in [1.29, 1.82) is 0 Å². The van der Waals surface area contributed by atoms with Crippen LogP contribution in [0.15, 0.2) is 18.2 Å². The van der Waals surface area contributed by atoms with E-state index in [1.54, 1.807) is 0 Å². The lowest BCUT2D eigenvalue weighted by Crippen LogP contribution is -2.22. The number of esters is 1. The van der Waals surface area contributed by atoms with Crippen molar-refractivity contribution in [3.05, 3.63) is 40.6 Å². The highest BCUT2D eigenvalue weighted by atomic mass is 16.5. The number of nitrogens with zero attached hydrogens (tertiary/aromatic N) is 1. The van der Waals surface area contributed by atoms with Gasteiger partial charge in [0.1, 0.15) is 0 Å². The van der Waals surface area contributed by atoms with Gasteiger partial charge >= 0.3 is 5.97 Å². The van der Waals surface area contributed by atoms with Crippen molar-refractivity contribution in [2.75, 3.05) is 6.61 Å². The largest absolute Gasteiger partial charge is 0.452 e. The number of benzene rings is 1. The van der Waals surface area contributed by atoms with E-state index in [0.717, 1.165) is 53.4 Å². The van der Waals surface area contributed by atoms with Crippen LogP contribution in [-0.2, 0) is 22.4 Å². The zero-order valence-electron chi connectivity index (χ0n) is 12.5. The molecule has 114 valence electrons. The Kier molecular flexibility index (Phi) is 3.79. The van der Waals surface area contributed by atoms with Gasteiger partial charge in [0.25, 0.3) is 5.91 Å². The van der Waals surface area contributed by atoms with Crippen LogP contribution in [0, 0.1) is 6.92 Å². The lowest BCUT2D eigenvalue weighted by molar-refractivity contribution is -0.121. The number of carbonyl (C=O) groups excluding carboxylic acids is 2. The van der Waals surface area contributed by atoms with Crippen molar-refractivity contribution in [3.8, 4) is 0 Å². The molecule has 0 saturated carbocycles. The van der Waals surface area contributed by atoms with Gasteiger partial charge in [0.2, 0.25) is 0 Å². The third-order valence-electron chi connectivity index (χ3n) is 3.97. The van der Waals surface area contributed by atoms with Crippen molar-refractivity contribution in [2.45, 2.75) is 32.6 Å². The lowest BCUT2D eigenvalue weighted by atomic mass is 9.89. The number of fused-ring (bicyclic) bond motifs is 2. The second kappa shape index (κ2) is 5.75. The number of amides is 1. The van der Waals surface area contributed by atoms with Gasteiger partial charge in [-0.2, -0.15) is 0 Å². The van der Waals surface area contributed by atoms with Crippen LogP contribution in [-0.4, -0.2) is 23.5 Å². The van der Waals surface area contributed by atoms with Crippen LogP contribution in [0.25, 0.3) is 10.9 Å². The fourth-order valence-corrected chi connectivity index (χ4v) is 2.98. The van der Waals surface area contributed by atoms with Crippen LogP contribution in [0.4, 0.5) is 0 Å². The first-order valence-electron chi connectivity index (χ1n) is 7.44. The first kappa shape index (κ1) is 14.5. The molecule has 1 aliphatic carbocycles. The van der Waals surface area contributed by atoms with E-state index in [2.05, 4.69) is 0 Å². The number of ether oxygens (including phenoxy) is 1. The normalized spacial score (nSPS) is 13.7. The molecule has 0 aliphatic heterocycles. The quantitative estimate of drug-likeness (QED) is 0.879. The monoisotopic (exact) mass is 298 g/mol. The molecule has 0 saturated heterocycles. The number of carbonyl (C=O) groups is 2. The van der Waals surface area contributed by atoms with Crippen LogP contribution in [0.2, 0.25) is 0 Å². The summed E-state index contributed by atoms with van der Waals surface area (Å²) < 4.78 is 5.06. The Labute approximate surface area is 128 Å². The standard InChI is InChI=1S/C17H18N2O3/c1-10-6-7-14-12(8-10)16(17(21)22-9-15(18)20)11-4-2-3-5-13(11)19-14/h6-8H,2-5,9H2,1H3,(H2,18,20). The SMILES string of the molecule is Cc1ccc2nc3c(c(C(=O)OCC(N)=O)c2c1)CCCC3. The molecular weight excluding hydrogens is 280 g/mol. The maximum Gasteiger partial charge on any atom is 0.339 e. The topological polar surface area (TPSA) is 82.3 Å². The molecule has 0 bridgehead atoms. The average molecular weight is 298 g/mol. The zero-order chi connectivity index (χ0) is 15.7. The van der Waals surface area contributed by atoms with Crippen LogP contribution < -0.4 is 5.73 Å². The fourth-order valence-electron chi connectivity index (χ4n) is 2.98. The molecule has 0 atom stereocenters. The number of aryl methyl sites for hydroxylation is 2. The molecule has 2 aromatic rings. The molecule has 1 heterocycles. The summed E-state index contributed by atoms with van der Waals surface area (Å²) in [4.78, 5) is 28.1. The van der Waals surface area contributed by atoms with E-state index in [4.69, 9.17) is 15.5 Å². The van der Waals surface area contributed by atoms with E-state index >= 15 is 0 Å². The van der Waals surface area contributed by atoms with Crippen LogP contribution in [0.1, 0.15) is 40.0 Å². The second-order valence-corrected chi connectivity index (χ2v) is 5.68. The van der Waals surface area contributed by atoms with Crippen molar-refractivity contribution in [2.24, 2.45) is 5.73 Å². The minimum atomic E-state index is -0.656. The van der Waals surface area contributed by atoms with Gasteiger partial charge in [-0.3, -0.25) is 9.78 Å². The van der Waals surface area contributed by atoms with E-state index < -0.39 is 18.5 Å². The Bertz CT molecular complexity index is 768. The van der Waals surface area contributed by atoms with E-state index in [1.807, 2.05) is 25.1 Å². The maximum absolute atomic E-state index is 12.5. The number of aromatic nitrogens is 1. The Morgan fingerprint density at radius 3 is 2.82 bits per heavy atom. The van der Waals surface area contributed by atoms with Crippen molar-refractivity contribution < 1.29 is 14.3 Å². The van der Waals surface area contributed by atoms with Gasteiger partial charge in [-0.05, 0) is 50.3 Å². The van der Waals surface area contributed by atoms with Gasteiger partial charge < -0.3 is 10.5 Å². The summed E-state index contributed by atoms with van der Waals surface area (Å²) in [5, 5.41) is 0.787. The smallest absolute Gasteiger partial charge is 0.339 e. The summed E-state index contributed by atoms with van der Waals surface area (Å²) in [6.45, 7) is 1.57. The third kappa shape index (κ3) is 2.66. The zero-order valence-corrected chi connectivity index (χ0v) is 12.5. The molecule has 22 heavy (non-hydrogen) atoms. The molecule has 0 unspecified atom stereocenters. The average Bonchev–Trinajstić information content (AvgIpc) is 2.50. The van der Waals surface area contributed by atoms with E-state index in [1.165, 1.54) is 0 Å². The highest BCUT2D eigenvalue weighted by Gasteiger charge is 2.24. The molecule has 0 fully saturated rings. The molecule has 3 rings (SSSR count). The maximum atomic E-state index is 12.5. The summed E-state index contributed by atoms with van der Waals surface area (Å²) >= 11 is 0. The van der Waals surface area contributed by atoms with Gasteiger partial charge in [-0.1, -0.05) is 11.6 Å². The Morgan fingerprint density at radius 1 is 1.27 bits per heavy atom. The number of hydrogen-bond acceptors (Lipinski definition) is 4. The molecule has 1 aliphatic rings. The summed E-state index contributed by atoms with van der Waals surface area (Å²) in [6, 6.07) is 5.84. The van der Waals surface area contributed by atoms with E-state index in [9.17, 15) is 9.59 Å². The number of nitrogens with two attached hydrogens (primary N) is 1. The summed E-state index contributed by atoms with van der Waals surface area (Å²) in [5.74, 6) is -1.15. The van der Waals surface area contributed by atoms with Crippen LogP contribution >= 0.6 is 0 Å². The van der Waals surface area contributed by atoms with E-state index in [-0.39, 0.29) is 0 Å². The van der Waals surface area contributed by atoms with Gasteiger partial charge in [-0.15, -0.1) is 0 Å². The molecule has 0 radical (unpaired) electrons. The highest BCUT2D eigenvalue weighted by molar-refractivity contribution is 6.05. The number of primary amides is 1.